The smallest absolute Gasteiger partial charge is 0.227 e. The number of hydrogen-bond acceptors (Lipinski definition) is 7. The third-order valence-electron chi connectivity index (χ3n) is 7.70. The lowest BCUT2D eigenvalue weighted by atomic mass is 9.91. The van der Waals surface area contributed by atoms with Crippen LogP contribution in [0.15, 0.2) is 41.5 Å². The molecule has 7 nitrogen and oxygen atoms in total. The number of morpholine rings is 1. The minimum atomic E-state index is -0.549. The first-order valence-electron chi connectivity index (χ1n) is 12.5. The molecule has 184 valence electrons. The Kier molecular flexibility index (Phi) is 5.30. The molecule has 5 heterocycles. The van der Waals surface area contributed by atoms with Crippen molar-refractivity contribution in [1.82, 2.24) is 20.2 Å². The van der Waals surface area contributed by atoms with E-state index in [4.69, 9.17) is 9.72 Å². The average Bonchev–Trinajstić information content (AvgIpc) is 3.62. The van der Waals surface area contributed by atoms with Crippen LogP contribution in [-0.2, 0) is 11.3 Å². The molecule has 0 amide bonds. The third-order valence-corrected chi connectivity index (χ3v) is 7.70. The summed E-state index contributed by atoms with van der Waals surface area (Å²) < 4.78 is 35.4. The Hall–Kier alpha value is -3.27. The molecule has 3 aromatic rings. The molecule has 2 fully saturated rings. The van der Waals surface area contributed by atoms with Crippen molar-refractivity contribution in [1.29, 1.82) is 0 Å². The summed E-state index contributed by atoms with van der Waals surface area (Å²) in [5.41, 5.74) is 5.45. The monoisotopic (exact) mass is 488 g/mol. The van der Waals surface area contributed by atoms with Gasteiger partial charge in [0.05, 0.1) is 31.0 Å². The molecule has 2 saturated heterocycles. The summed E-state index contributed by atoms with van der Waals surface area (Å²) in [5, 5.41) is 6.94. The van der Waals surface area contributed by atoms with E-state index in [1.807, 2.05) is 11.0 Å². The van der Waals surface area contributed by atoms with Gasteiger partial charge in [0.2, 0.25) is 5.95 Å². The van der Waals surface area contributed by atoms with Crippen molar-refractivity contribution in [2.75, 3.05) is 31.6 Å². The van der Waals surface area contributed by atoms with E-state index in [9.17, 15) is 0 Å². The SMILES string of the molecule is Fc1cc(C2C=Nc3cnc(Nc4ccc5c(c4)C4CCC5N4)nc32)cc(F)c1CN1CCOCC1. The Morgan fingerprint density at radius 2 is 1.81 bits per heavy atom. The van der Waals surface area contributed by atoms with Crippen LogP contribution in [0.5, 0.6) is 0 Å². The minimum Gasteiger partial charge on any atom is -0.379 e. The van der Waals surface area contributed by atoms with Crippen LogP contribution >= 0.6 is 0 Å². The Morgan fingerprint density at radius 3 is 2.61 bits per heavy atom. The molecule has 4 aliphatic heterocycles. The van der Waals surface area contributed by atoms with Gasteiger partial charge in [-0.25, -0.2) is 18.7 Å². The number of halogens is 2. The average molecular weight is 489 g/mol. The van der Waals surface area contributed by atoms with Gasteiger partial charge in [-0.3, -0.25) is 9.89 Å². The molecular formula is C27H26F2N6O. The highest BCUT2D eigenvalue weighted by Crippen LogP contribution is 2.46. The zero-order valence-electron chi connectivity index (χ0n) is 19.7. The molecule has 0 aliphatic carbocycles. The summed E-state index contributed by atoms with van der Waals surface area (Å²) in [7, 11) is 0. The van der Waals surface area contributed by atoms with Crippen LogP contribution in [0.25, 0.3) is 0 Å². The quantitative estimate of drug-likeness (QED) is 0.544. The number of nitrogens with zero attached hydrogens (tertiary/aromatic N) is 4. The first kappa shape index (κ1) is 22.0. The Labute approximate surface area is 207 Å². The van der Waals surface area contributed by atoms with E-state index >= 15 is 8.78 Å². The lowest BCUT2D eigenvalue weighted by molar-refractivity contribution is 0.0332. The summed E-state index contributed by atoms with van der Waals surface area (Å²) in [6, 6.07) is 10.1. The molecule has 4 aliphatic rings. The number of hydrogen-bond donors (Lipinski definition) is 2. The highest BCUT2D eigenvalue weighted by molar-refractivity contribution is 5.83. The van der Waals surface area contributed by atoms with E-state index in [1.54, 1.807) is 12.4 Å². The van der Waals surface area contributed by atoms with Gasteiger partial charge in [-0.2, -0.15) is 0 Å². The number of fused-ring (bicyclic) bond motifs is 6. The molecule has 0 saturated carbocycles. The predicted octanol–water partition coefficient (Wildman–Crippen LogP) is 4.66. The number of anilines is 2. The molecule has 3 atom stereocenters. The highest BCUT2D eigenvalue weighted by atomic mass is 19.1. The van der Waals surface area contributed by atoms with Crippen LogP contribution < -0.4 is 10.6 Å². The van der Waals surface area contributed by atoms with Crippen LogP contribution in [0.3, 0.4) is 0 Å². The molecule has 0 spiro atoms. The number of aliphatic imine (C=N–C) groups is 1. The second-order valence-electron chi connectivity index (χ2n) is 9.89. The van der Waals surface area contributed by atoms with Gasteiger partial charge in [0, 0.05) is 49.2 Å². The molecular weight excluding hydrogens is 462 g/mol. The maximum Gasteiger partial charge on any atom is 0.227 e. The number of nitrogens with one attached hydrogen (secondary N) is 2. The zero-order chi connectivity index (χ0) is 24.2. The Balaban J connectivity index is 1.13. The van der Waals surface area contributed by atoms with Crippen LogP contribution in [0.2, 0.25) is 0 Å². The summed E-state index contributed by atoms with van der Waals surface area (Å²) >= 11 is 0. The molecule has 2 bridgehead atoms. The van der Waals surface area contributed by atoms with Crippen LogP contribution in [-0.4, -0.2) is 47.4 Å². The van der Waals surface area contributed by atoms with Gasteiger partial charge < -0.3 is 15.4 Å². The fraction of sp³-hybridized carbons (Fsp3) is 0.370. The van der Waals surface area contributed by atoms with E-state index < -0.39 is 17.6 Å². The topological polar surface area (TPSA) is 74.7 Å². The van der Waals surface area contributed by atoms with E-state index in [0.717, 1.165) is 12.1 Å². The fourth-order valence-corrected chi connectivity index (χ4v) is 5.82. The van der Waals surface area contributed by atoms with Crippen molar-refractivity contribution in [3.8, 4) is 0 Å². The van der Waals surface area contributed by atoms with Gasteiger partial charge in [0.1, 0.15) is 17.3 Å². The van der Waals surface area contributed by atoms with Crippen molar-refractivity contribution in [2.45, 2.75) is 37.4 Å². The van der Waals surface area contributed by atoms with Gasteiger partial charge in [-0.1, -0.05) is 6.07 Å². The van der Waals surface area contributed by atoms with Crippen LogP contribution in [0.1, 0.15) is 58.8 Å². The first-order valence-corrected chi connectivity index (χ1v) is 12.5. The van der Waals surface area contributed by atoms with Crippen molar-refractivity contribution in [2.24, 2.45) is 4.99 Å². The first-order chi connectivity index (χ1) is 17.6. The molecule has 3 unspecified atom stereocenters. The molecule has 0 radical (unpaired) electrons. The molecule has 2 aromatic carbocycles. The zero-order valence-corrected chi connectivity index (χ0v) is 19.7. The maximum atomic E-state index is 15.0. The van der Waals surface area contributed by atoms with Crippen LogP contribution in [0, 0.1) is 11.6 Å². The summed E-state index contributed by atoms with van der Waals surface area (Å²) in [4.78, 5) is 15.5. The highest BCUT2D eigenvalue weighted by Gasteiger charge is 2.36. The van der Waals surface area contributed by atoms with Crippen molar-refractivity contribution >= 4 is 23.5 Å². The van der Waals surface area contributed by atoms with E-state index in [2.05, 4.69) is 32.7 Å². The third kappa shape index (κ3) is 3.78. The molecule has 2 N–H and O–H groups in total. The fourth-order valence-electron chi connectivity index (χ4n) is 5.82. The van der Waals surface area contributed by atoms with E-state index in [0.29, 0.717) is 61.3 Å². The van der Waals surface area contributed by atoms with Gasteiger partial charge in [0.15, 0.2) is 0 Å². The second kappa shape index (κ2) is 8.69. The number of rotatable bonds is 5. The van der Waals surface area contributed by atoms with Crippen molar-refractivity contribution < 1.29 is 13.5 Å². The largest absolute Gasteiger partial charge is 0.379 e. The van der Waals surface area contributed by atoms with Gasteiger partial charge in [-0.05, 0) is 53.8 Å². The summed E-state index contributed by atoms with van der Waals surface area (Å²) in [5.74, 6) is -1.10. The summed E-state index contributed by atoms with van der Waals surface area (Å²) in [6.07, 6.45) is 5.68. The lowest BCUT2D eigenvalue weighted by Crippen LogP contribution is -2.36. The maximum absolute atomic E-state index is 15.0. The van der Waals surface area contributed by atoms with Gasteiger partial charge >= 0.3 is 0 Å². The molecule has 36 heavy (non-hydrogen) atoms. The predicted molar refractivity (Wildman–Crippen MR) is 132 cm³/mol. The van der Waals surface area contributed by atoms with E-state index in [1.165, 1.54) is 29.7 Å². The molecule has 7 rings (SSSR count). The Bertz CT molecular complexity index is 1350. The minimum absolute atomic E-state index is 0.0839. The summed E-state index contributed by atoms with van der Waals surface area (Å²) in [6.45, 7) is 2.72. The van der Waals surface area contributed by atoms with Gasteiger partial charge in [0.25, 0.3) is 0 Å². The lowest BCUT2D eigenvalue weighted by Gasteiger charge is -2.27. The van der Waals surface area contributed by atoms with E-state index in [-0.39, 0.29) is 12.1 Å². The standard InChI is InChI=1S/C27H26F2N6O/c28-21-9-15(10-22(29)20(21)14-35-5-7-36-8-6-35)19-12-30-25-13-31-27(34-26(19)25)32-16-1-2-17-18(11-16)24-4-3-23(17)33-24/h1-2,9-13,19,23-24,33H,3-8,14H2,(H,31,32,34). The second-order valence-corrected chi connectivity index (χ2v) is 9.89. The van der Waals surface area contributed by atoms with Crippen molar-refractivity contribution in [3.05, 3.63) is 76.1 Å². The Morgan fingerprint density at radius 1 is 1.03 bits per heavy atom. The molecule has 1 aromatic heterocycles. The normalized spacial score (nSPS) is 24.2. The number of benzene rings is 2. The van der Waals surface area contributed by atoms with Crippen LogP contribution in [0.4, 0.5) is 26.1 Å². The van der Waals surface area contributed by atoms with Crippen molar-refractivity contribution in [3.63, 3.8) is 0 Å². The number of ether oxygens (including phenoxy) is 1. The number of aromatic nitrogens is 2. The van der Waals surface area contributed by atoms with Gasteiger partial charge in [-0.15, -0.1) is 0 Å². The molecule has 9 heteroatoms.